The molecule has 0 aliphatic heterocycles. The molecule has 0 aromatic carbocycles. The summed E-state index contributed by atoms with van der Waals surface area (Å²) in [5.41, 5.74) is 0. The molecule has 0 rings (SSSR count). The lowest BCUT2D eigenvalue weighted by molar-refractivity contribution is -0.163. The van der Waals surface area contributed by atoms with Crippen molar-refractivity contribution in [3.8, 4) is 0 Å². The van der Waals surface area contributed by atoms with Gasteiger partial charge in [0.2, 0.25) is 0 Å². The number of hydrogen-bond acceptors (Lipinski definition) is 5. The van der Waals surface area contributed by atoms with E-state index in [1.54, 1.807) is 0 Å². The second-order valence-electron chi connectivity index (χ2n) is 18.8. The Morgan fingerprint density at radius 3 is 1.00 bits per heavy atom. The predicted octanol–water partition coefficient (Wildman–Crippen LogP) is 18.8. The van der Waals surface area contributed by atoms with Crippen LogP contribution in [0.1, 0.15) is 303 Å². The lowest BCUT2D eigenvalue weighted by atomic mass is 10.0. The van der Waals surface area contributed by atoms with Gasteiger partial charge in [-0.3, -0.25) is 9.59 Å². The third-order valence-corrected chi connectivity index (χ3v) is 12.5. The van der Waals surface area contributed by atoms with Crippen LogP contribution < -0.4 is 0 Å². The average molecular weight is 873 g/mol. The number of esters is 2. The molecule has 5 nitrogen and oxygen atoms in total. The van der Waals surface area contributed by atoms with Crippen molar-refractivity contribution >= 4 is 11.9 Å². The highest BCUT2D eigenvalue weighted by atomic mass is 16.6. The first kappa shape index (κ1) is 60.4. The molecule has 0 aromatic heterocycles. The number of hydrogen-bond donors (Lipinski definition) is 0. The first-order chi connectivity index (χ1) is 30.6. The molecular formula is C57H108O5. The molecule has 0 aromatic rings. The molecule has 0 fully saturated rings. The second kappa shape index (κ2) is 53.7. The number of carbonyl (C=O) groups is 2. The topological polar surface area (TPSA) is 61.8 Å². The van der Waals surface area contributed by atoms with Gasteiger partial charge in [-0.1, -0.05) is 244 Å². The predicted molar refractivity (Wildman–Crippen MR) is 270 cm³/mol. The molecule has 0 saturated carbocycles. The van der Waals surface area contributed by atoms with Crippen LogP contribution in [0.25, 0.3) is 0 Å². The van der Waals surface area contributed by atoms with E-state index in [1.165, 1.54) is 218 Å². The number of rotatable bonds is 52. The number of ether oxygens (including phenoxy) is 3. The highest BCUT2D eigenvalue weighted by molar-refractivity contribution is 5.70. The maximum absolute atomic E-state index is 12.8. The van der Waals surface area contributed by atoms with Gasteiger partial charge in [0.05, 0.1) is 6.61 Å². The van der Waals surface area contributed by atoms with E-state index in [1.807, 2.05) is 0 Å². The van der Waals surface area contributed by atoms with Crippen molar-refractivity contribution in [2.75, 3.05) is 19.8 Å². The van der Waals surface area contributed by atoms with Crippen LogP contribution in [0.3, 0.4) is 0 Å². The molecule has 0 radical (unpaired) electrons. The average Bonchev–Trinajstić information content (AvgIpc) is 3.27. The van der Waals surface area contributed by atoms with Crippen LogP contribution in [-0.2, 0) is 23.8 Å². The third-order valence-electron chi connectivity index (χ3n) is 12.5. The second-order valence-corrected chi connectivity index (χ2v) is 18.8. The van der Waals surface area contributed by atoms with E-state index in [9.17, 15) is 9.59 Å². The van der Waals surface area contributed by atoms with Crippen LogP contribution in [0.4, 0.5) is 0 Å². The van der Waals surface area contributed by atoms with Gasteiger partial charge < -0.3 is 14.2 Å². The third kappa shape index (κ3) is 51.0. The summed E-state index contributed by atoms with van der Waals surface area (Å²) in [5.74, 6) is -0.390. The Balaban J connectivity index is 4.22. The lowest BCUT2D eigenvalue weighted by Crippen LogP contribution is -2.30. The van der Waals surface area contributed by atoms with Crippen molar-refractivity contribution in [3.05, 3.63) is 24.3 Å². The molecule has 0 heterocycles. The van der Waals surface area contributed by atoms with Crippen molar-refractivity contribution in [1.82, 2.24) is 0 Å². The molecular weight excluding hydrogens is 765 g/mol. The quantitative estimate of drug-likeness (QED) is 0.0346. The van der Waals surface area contributed by atoms with Crippen LogP contribution >= 0.6 is 0 Å². The van der Waals surface area contributed by atoms with Crippen molar-refractivity contribution in [1.29, 1.82) is 0 Å². The van der Waals surface area contributed by atoms with Gasteiger partial charge in [0.1, 0.15) is 6.61 Å². The van der Waals surface area contributed by atoms with Crippen LogP contribution in [0, 0.1) is 0 Å². The summed E-state index contributed by atoms with van der Waals surface area (Å²) in [4.78, 5) is 25.4. The van der Waals surface area contributed by atoms with Crippen molar-refractivity contribution in [2.24, 2.45) is 0 Å². The zero-order chi connectivity index (χ0) is 44.9. The Hall–Kier alpha value is -1.62. The maximum Gasteiger partial charge on any atom is 0.306 e. The van der Waals surface area contributed by atoms with Crippen LogP contribution in [0.5, 0.6) is 0 Å². The van der Waals surface area contributed by atoms with Gasteiger partial charge in [0.15, 0.2) is 6.10 Å². The molecule has 62 heavy (non-hydrogen) atoms. The summed E-state index contributed by atoms with van der Waals surface area (Å²) in [7, 11) is 0. The maximum atomic E-state index is 12.8. The Labute approximate surface area is 387 Å². The largest absolute Gasteiger partial charge is 0.462 e. The molecule has 0 spiro atoms. The molecule has 366 valence electrons. The van der Waals surface area contributed by atoms with Gasteiger partial charge in [-0.05, 0) is 70.6 Å². The van der Waals surface area contributed by atoms with E-state index in [-0.39, 0.29) is 25.2 Å². The molecule has 5 heteroatoms. The first-order valence-corrected chi connectivity index (χ1v) is 27.9. The summed E-state index contributed by atoms with van der Waals surface area (Å²) < 4.78 is 17.5. The van der Waals surface area contributed by atoms with Gasteiger partial charge in [-0.2, -0.15) is 0 Å². The summed E-state index contributed by atoms with van der Waals surface area (Å²) >= 11 is 0. The molecule has 1 unspecified atom stereocenters. The van der Waals surface area contributed by atoms with Gasteiger partial charge >= 0.3 is 11.9 Å². The number of unbranched alkanes of at least 4 members (excludes halogenated alkanes) is 37. The van der Waals surface area contributed by atoms with Crippen LogP contribution in [-0.4, -0.2) is 37.9 Å². The molecule has 0 saturated heterocycles. The van der Waals surface area contributed by atoms with E-state index in [0.29, 0.717) is 19.4 Å². The van der Waals surface area contributed by atoms with Crippen molar-refractivity contribution in [2.45, 2.75) is 309 Å². The number of carbonyl (C=O) groups excluding carboxylic acids is 2. The molecule has 0 amide bonds. The van der Waals surface area contributed by atoms with Crippen LogP contribution in [0.2, 0.25) is 0 Å². The molecule has 1 atom stereocenters. The number of allylic oxidation sites excluding steroid dienone is 4. The highest BCUT2D eigenvalue weighted by Crippen LogP contribution is 2.16. The Kier molecular flexibility index (Phi) is 52.3. The molecule has 0 aliphatic carbocycles. The molecule has 0 N–H and O–H groups in total. The molecule has 0 bridgehead atoms. The Morgan fingerprint density at radius 2 is 0.629 bits per heavy atom. The van der Waals surface area contributed by atoms with Gasteiger partial charge in [-0.15, -0.1) is 0 Å². The van der Waals surface area contributed by atoms with Gasteiger partial charge in [-0.25, -0.2) is 0 Å². The van der Waals surface area contributed by atoms with Gasteiger partial charge in [0.25, 0.3) is 0 Å². The van der Waals surface area contributed by atoms with Crippen LogP contribution in [0.15, 0.2) is 24.3 Å². The summed E-state index contributed by atoms with van der Waals surface area (Å²) in [6, 6.07) is 0. The molecule has 0 aliphatic rings. The van der Waals surface area contributed by atoms with Gasteiger partial charge in [0, 0.05) is 19.4 Å². The fourth-order valence-electron chi connectivity index (χ4n) is 8.27. The van der Waals surface area contributed by atoms with E-state index in [2.05, 4.69) is 45.1 Å². The normalized spacial score (nSPS) is 12.2. The monoisotopic (exact) mass is 873 g/mol. The minimum atomic E-state index is -0.535. The zero-order valence-corrected chi connectivity index (χ0v) is 42.2. The SMILES string of the molecule is CCCCCC/C=C\CCCCCCCC(=O)OC(COCCCCCCCCCC/C=C\CCCCCCCC)COC(=O)CCCCCCCCCCCCCCCCC. The highest BCUT2D eigenvalue weighted by Gasteiger charge is 2.17. The fourth-order valence-corrected chi connectivity index (χ4v) is 8.27. The minimum absolute atomic E-state index is 0.0877. The summed E-state index contributed by atoms with van der Waals surface area (Å²) in [5, 5.41) is 0. The van der Waals surface area contributed by atoms with E-state index >= 15 is 0 Å². The van der Waals surface area contributed by atoms with E-state index in [4.69, 9.17) is 14.2 Å². The minimum Gasteiger partial charge on any atom is -0.462 e. The fraction of sp³-hybridized carbons (Fsp3) is 0.895. The summed E-state index contributed by atoms with van der Waals surface area (Å²) in [6.07, 6.45) is 63.3. The Morgan fingerprint density at radius 1 is 0.339 bits per heavy atom. The first-order valence-electron chi connectivity index (χ1n) is 27.9. The van der Waals surface area contributed by atoms with E-state index < -0.39 is 6.10 Å². The standard InChI is InChI=1S/C57H108O5/c1-4-7-10-13-16-19-22-25-27-28-29-31-34-37-40-43-46-49-52-60-53-55(62-57(59)51-48-45-42-39-36-32-24-21-18-15-12-9-6-3)54-61-56(58)50-47-44-41-38-35-33-30-26-23-20-17-14-11-8-5-2/h21,24-25,27,55H,4-20,22-23,26,28-54H2,1-3H3/b24-21-,27-25-. The Bertz CT molecular complexity index is 943. The van der Waals surface area contributed by atoms with Crippen molar-refractivity contribution in [3.63, 3.8) is 0 Å². The lowest BCUT2D eigenvalue weighted by Gasteiger charge is -2.18. The smallest absolute Gasteiger partial charge is 0.306 e. The summed E-state index contributed by atoms with van der Waals surface area (Å²) in [6.45, 7) is 7.85. The van der Waals surface area contributed by atoms with E-state index in [0.717, 1.165) is 51.4 Å². The van der Waals surface area contributed by atoms with Crippen molar-refractivity contribution < 1.29 is 23.8 Å². The zero-order valence-electron chi connectivity index (χ0n) is 42.2.